The number of alkyl halides is 3. The molecule has 2 atom stereocenters. The number of rotatable bonds is 7. The molecule has 4 rings (SSSR count). The number of hydrogen-bond acceptors (Lipinski definition) is 5. The van der Waals surface area contributed by atoms with E-state index in [1.807, 2.05) is 4.68 Å². The molecule has 0 spiro atoms. The zero-order valence-electron chi connectivity index (χ0n) is 19.7. The van der Waals surface area contributed by atoms with Crippen molar-refractivity contribution in [3.05, 3.63) is 35.8 Å². The Hall–Kier alpha value is -1.97. The highest BCUT2D eigenvalue weighted by Crippen LogP contribution is 2.39. The lowest BCUT2D eigenvalue weighted by Gasteiger charge is -2.38. The summed E-state index contributed by atoms with van der Waals surface area (Å²) in [6.45, 7) is 10.3. The van der Waals surface area contributed by atoms with Gasteiger partial charge in [-0.05, 0) is 51.3 Å². The fraction of sp³-hybridized carbons (Fsp3) is 0.667. The van der Waals surface area contributed by atoms with Gasteiger partial charge in [-0.25, -0.2) is 0 Å². The van der Waals surface area contributed by atoms with E-state index in [0.29, 0.717) is 23.2 Å². The molecule has 0 amide bonds. The maximum Gasteiger partial charge on any atom is 0.433 e. The Balaban J connectivity index is 1.44. The molecule has 0 unspecified atom stereocenters. The third-order valence-electron chi connectivity index (χ3n) is 6.96. The van der Waals surface area contributed by atoms with Crippen molar-refractivity contribution in [3.8, 4) is 11.3 Å². The molecule has 2 aliphatic rings. The van der Waals surface area contributed by atoms with Gasteiger partial charge >= 0.3 is 6.18 Å². The molecule has 0 bridgehead atoms. The Morgan fingerprint density at radius 1 is 1.12 bits per heavy atom. The van der Waals surface area contributed by atoms with Crippen LogP contribution < -0.4 is 0 Å². The second kappa shape index (κ2) is 10.1. The number of hydrogen-bond donors (Lipinski definition) is 0. The van der Waals surface area contributed by atoms with E-state index in [2.05, 4.69) is 34.7 Å². The van der Waals surface area contributed by atoms with E-state index in [-0.39, 0.29) is 6.04 Å². The molecule has 1 saturated carbocycles. The lowest BCUT2D eigenvalue weighted by atomic mass is 10.0. The van der Waals surface area contributed by atoms with Crippen molar-refractivity contribution < 1.29 is 17.9 Å². The van der Waals surface area contributed by atoms with Crippen LogP contribution in [0.25, 0.3) is 11.3 Å². The number of aromatic nitrogens is 3. The quantitative estimate of drug-likeness (QED) is 0.605. The summed E-state index contributed by atoms with van der Waals surface area (Å²) in [6.07, 6.45) is 0.220. The topological polar surface area (TPSA) is 46.4 Å². The van der Waals surface area contributed by atoms with Crippen molar-refractivity contribution >= 4 is 0 Å². The lowest BCUT2D eigenvalue weighted by molar-refractivity contribution is -0.141. The standard InChI is InChI=1S/C24H34F3N5O/c1-17(2)32-22(15-21(29-32)19-5-7-23(28-16-19)24(25,26)27)18-4-6-20(14-18)31-10-8-30(9-11-31)12-13-33-3/h5,7,15-18,20H,4,6,8-14H2,1-3H3/t18-,20-/m1/s1. The summed E-state index contributed by atoms with van der Waals surface area (Å²) < 4.78 is 45.9. The van der Waals surface area contributed by atoms with Gasteiger partial charge in [-0.1, -0.05) is 0 Å². The van der Waals surface area contributed by atoms with E-state index in [1.54, 1.807) is 7.11 Å². The van der Waals surface area contributed by atoms with Crippen LogP contribution in [-0.4, -0.2) is 77.0 Å². The molecule has 0 N–H and O–H groups in total. The van der Waals surface area contributed by atoms with Crippen LogP contribution in [-0.2, 0) is 10.9 Å². The van der Waals surface area contributed by atoms with E-state index in [0.717, 1.165) is 58.2 Å². The number of halogens is 3. The fourth-order valence-electron chi connectivity index (χ4n) is 5.11. The van der Waals surface area contributed by atoms with E-state index in [1.165, 1.54) is 24.4 Å². The molecule has 0 radical (unpaired) electrons. The molecule has 1 aliphatic heterocycles. The van der Waals surface area contributed by atoms with Crippen molar-refractivity contribution in [2.45, 2.75) is 57.3 Å². The Morgan fingerprint density at radius 3 is 2.48 bits per heavy atom. The van der Waals surface area contributed by atoms with Crippen molar-refractivity contribution in [3.63, 3.8) is 0 Å². The average Bonchev–Trinajstić information content (AvgIpc) is 3.45. The minimum absolute atomic E-state index is 0.180. The van der Waals surface area contributed by atoms with Gasteiger partial charge in [0.2, 0.25) is 0 Å². The predicted octanol–water partition coefficient (Wildman–Crippen LogP) is 4.44. The highest BCUT2D eigenvalue weighted by atomic mass is 19.4. The molecular weight excluding hydrogens is 431 g/mol. The predicted molar refractivity (Wildman–Crippen MR) is 121 cm³/mol. The van der Waals surface area contributed by atoms with Crippen LogP contribution in [0.2, 0.25) is 0 Å². The summed E-state index contributed by atoms with van der Waals surface area (Å²) in [6, 6.07) is 5.31. The van der Waals surface area contributed by atoms with Gasteiger partial charge in [-0.3, -0.25) is 19.5 Å². The Morgan fingerprint density at radius 2 is 1.88 bits per heavy atom. The second-order valence-corrected chi connectivity index (χ2v) is 9.46. The molecule has 2 fully saturated rings. The Bertz CT molecular complexity index is 904. The third kappa shape index (κ3) is 5.58. The van der Waals surface area contributed by atoms with E-state index in [4.69, 9.17) is 9.84 Å². The van der Waals surface area contributed by atoms with Crippen LogP contribution in [0.3, 0.4) is 0 Å². The number of ether oxygens (including phenoxy) is 1. The van der Waals surface area contributed by atoms with Crippen LogP contribution in [0.4, 0.5) is 13.2 Å². The van der Waals surface area contributed by atoms with Gasteiger partial charge in [0.1, 0.15) is 5.69 Å². The molecule has 0 aromatic carbocycles. The number of pyridine rings is 1. The van der Waals surface area contributed by atoms with Gasteiger partial charge < -0.3 is 4.74 Å². The molecular formula is C24H34F3N5O. The van der Waals surface area contributed by atoms with E-state index >= 15 is 0 Å². The van der Waals surface area contributed by atoms with Gasteiger partial charge in [0.25, 0.3) is 0 Å². The second-order valence-electron chi connectivity index (χ2n) is 9.46. The summed E-state index contributed by atoms with van der Waals surface area (Å²) in [5, 5.41) is 4.76. The first-order valence-corrected chi connectivity index (χ1v) is 11.8. The van der Waals surface area contributed by atoms with Crippen LogP contribution in [0.1, 0.15) is 56.5 Å². The highest BCUT2D eigenvalue weighted by Gasteiger charge is 2.35. The van der Waals surface area contributed by atoms with Gasteiger partial charge in [0, 0.05) is 75.3 Å². The van der Waals surface area contributed by atoms with Crippen molar-refractivity contribution in [2.75, 3.05) is 46.4 Å². The molecule has 1 aliphatic carbocycles. The van der Waals surface area contributed by atoms with Gasteiger partial charge in [-0.2, -0.15) is 18.3 Å². The summed E-state index contributed by atoms with van der Waals surface area (Å²) in [7, 11) is 1.75. The number of nitrogens with zero attached hydrogens (tertiary/aromatic N) is 5. The zero-order valence-corrected chi connectivity index (χ0v) is 19.7. The largest absolute Gasteiger partial charge is 0.433 e. The van der Waals surface area contributed by atoms with Gasteiger partial charge in [0.05, 0.1) is 12.3 Å². The minimum atomic E-state index is -4.44. The lowest BCUT2D eigenvalue weighted by Crippen LogP contribution is -2.50. The van der Waals surface area contributed by atoms with Crippen molar-refractivity contribution in [1.29, 1.82) is 0 Å². The Kier molecular flexibility index (Phi) is 7.40. The molecule has 2 aromatic rings. The van der Waals surface area contributed by atoms with Gasteiger partial charge in [-0.15, -0.1) is 0 Å². The van der Waals surface area contributed by atoms with E-state index in [9.17, 15) is 13.2 Å². The third-order valence-corrected chi connectivity index (χ3v) is 6.96. The first-order chi connectivity index (χ1) is 15.8. The fourth-order valence-corrected chi connectivity index (χ4v) is 5.11. The number of piperazine rings is 1. The summed E-state index contributed by atoms with van der Waals surface area (Å²) in [5.41, 5.74) is 1.61. The number of methoxy groups -OCH3 is 1. The molecule has 2 aromatic heterocycles. The van der Waals surface area contributed by atoms with Crippen molar-refractivity contribution in [2.24, 2.45) is 0 Å². The molecule has 3 heterocycles. The monoisotopic (exact) mass is 465 g/mol. The molecule has 182 valence electrons. The molecule has 6 nitrogen and oxygen atoms in total. The molecule has 1 saturated heterocycles. The normalized spacial score (nSPS) is 23.0. The summed E-state index contributed by atoms with van der Waals surface area (Å²) >= 11 is 0. The average molecular weight is 466 g/mol. The van der Waals surface area contributed by atoms with Crippen LogP contribution in [0, 0.1) is 0 Å². The summed E-state index contributed by atoms with van der Waals surface area (Å²) in [5.74, 6) is 0.410. The van der Waals surface area contributed by atoms with E-state index < -0.39 is 11.9 Å². The SMILES string of the molecule is COCCN1CCN([C@@H]2CC[C@@H](c3cc(-c4ccc(C(F)(F)F)nc4)nn3C(C)C)C2)CC1. The first kappa shape index (κ1) is 24.2. The van der Waals surface area contributed by atoms with Crippen LogP contribution >= 0.6 is 0 Å². The van der Waals surface area contributed by atoms with Crippen LogP contribution in [0.15, 0.2) is 24.4 Å². The summed E-state index contributed by atoms with van der Waals surface area (Å²) in [4.78, 5) is 8.70. The first-order valence-electron chi connectivity index (χ1n) is 11.8. The maximum atomic E-state index is 12.9. The smallest absolute Gasteiger partial charge is 0.383 e. The minimum Gasteiger partial charge on any atom is -0.383 e. The zero-order chi connectivity index (χ0) is 23.6. The Labute approximate surface area is 193 Å². The van der Waals surface area contributed by atoms with Gasteiger partial charge in [0.15, 0.2) is 0 Å². The van der Waals surface area contributed by atoms with Crippen LogP contribution in [0.5, 0.6) is 0 Å². The highest BCUT2D eigenvalue weighted by molar-refractivity contribution is 5.58. The molecule has 9 heteroatoms. The molecule has 33 heavy (non-hydrogen) atoms. The van der Waals surface area contributed by atoms with Crippen molar-refractivity contribution in [1.82, 2.24) is 24.6 Å². The maximum absolute atomic E-state index is 12.9.